The Morgan fingerprint density at radius 2 is 2.05 bits per heavy atom. The van der Waals surface area contributed by atoms with Crippen LogP contribution >= 0.6 is 0 Å². The van der Waals surface area contributed by atoms with Gasteiger partial charge in [-0.25, -0.2) is 4.68 Å². The van der Waals surface area contributed by atoms with Gasteiger partial charge in [0.15, 0.2) is 5.69 Å². The van der Waals surface area contributed by atoms with Crippen molar-refractivity contribution in [1.29, 1.82) is 0 Å². The van der Waals surface area contributed by atoms with Crippen LogP contribution in [-0.4, -0.2) is 33.7 Å². The summed E-state index contributed by atoms with van der Waals surface area (Å²) in [5.74, 6) is -0.0485. The second-order valence-corrected chi connectivity index (χ2v) is 4.22. The molecule has 0 fully saturated rings. The summed E-state index contributed by atoms with van der Waals surface area (Å²) in [5.41, 5.74) is 7.70. The van der Waals surface area contributed by atoms with Crippen molar-refractivity contribution < 1.29 is 4.79 Å². The lowest BCUT2D eigenvalue weighted by atomic mass is 10.3. The summed E-state index contributed by atoms with van der Waals surface area (Å²) in [7, 11) is 0. The molecule has 2 rings (SSSR count). The van der Waals surface area contributed by atoms with Gasteiger partial charge in [-0.2, -0.15) is 5.10 Å². The van der Waals surface area contributed by atoms with E-state index in [0.29, 0.717) is 24.5 Å². The molecule has 19 heavy (non-hydrogen) atoms. The minimum atomic E-state index is -0.0485. The Balaban J connectivity index is 2.26. The number of anilines is 1. The van der Waals surface area contributed by atoms with Crippen LogP contribution in [0.25, 0.3) is 5.69 Å². The highest BCUT2D eigenvalue weighted by atomic mass is 16.2. The Morgan fingerprint density at radius 3 is 2.68 bits per heavy atom. The van der Waals surface area contributed by atoms with E-state index in [-0.39, 0.29) is 5.91 Å². The number of nitrogens with two attached hydrogens (primary N) is 1. The molecular weight excluding hydrogens is 240 g/mol. The van der Waals surface area contributed by atoms with Crippen LogP contribution in [0.3, 0.4) is 0 Å². The zero-order chi connectivity index (χ0) is 13.8. The highest BCUT2D eigenvalue weighted by molar-refractivity contribution is 5.92. The van der Waals surface area contributed by atoms with Gasteiger partial charge in [0.2, 0.25) is 0 Å². The predicted molar refractivity (Wildman–Crippen MR) is 75.2 cm³/mol. The van der Waals surface area contributed by atoms with Crippen LogP contribution in [-0.2, 0) is 0 Å². The van der Waals surface area contributed by atoms with Crippen LogP contribution in [0.1, 0.15) is 24.3 Å². The van der Waals surface area contributed by atoms with Gasteiger partial charge in [-0.05, 0) is 38.1 Å². The topological polar surface area (TPSA) is 64.2 Å². The third-order valence-corrected chi connectivity index (χ3v) is 2.99. The van der Waals surface area contributed by atoms with Crippen LogP contribution in [0.5, 0.6) is 0 Å². The Hall–Kier alpha value is -2.30. The van der Waals surface area contributed by atoms with E-state index in [9.17, 15) is 4.79 Å². The van der Waals surface area contributed by atoms with E-state index in [4.69, 9.17) is 5.73 Å². The first kappa shape index (κ1) is 13.1. The Kier molecular flexibility index (Phi) is 3.85. The zero-order valence-electron chi connectivity index (χ0n) is 11.2. The SMILES string of the molecule is CCN(CC)C(=O)c1ccn(-c2cccc(N)c2)n1. The fourth-order valence-corrected chi connectivity index (χ4v) is 1.92. The van der Waals surface area contributed by atoms with Crippen molar-refractivity contribution in [3.05, 3.63) is 42.2 Å². The fourth-order valence-electron chi connectivity index (χ4n) is 1.92. The summed E-state index contributed by atoms with van der Waals surface area (Å²) in [4.78, 5) is 13.9. The van der Waals surface area contributed by atoms with Crippen molar-refractivity contribution in [3.8, 4) is 5.69 Å². The molecule has 1 heterocycles. The average Bonchev–Trinajstić information content (AvgIpc) is 2.89. The monoisotopic (exact) mass is 258 g/mol. The smallest absolute Gasteiger partial charge is 0.274 e. The maximum absolute atomic E-state index is 12.1. The van der Waals surface area contributed by atoms with E-state index >= 15 is 0 Å². The van der Waals surface area contributed by atoms with Gasteiger partial charge < -0.3 is 10.6 Å². The zero-order valence-corrected chi connectivity index (χ0v) is 11.2. The predicted octanol–water partition coefficient (Wildman–Crippen LogP) is 1.94. The van der Waals surface area contributed by atoms with E-state index in [1.807, 2.05) is 38.1 Å². The molecule has 2 aromatic rings. The van der Waals surface area contributed by atoms with Crippen molar-refractivity contribution >= 4 is 11.6 Å². The lowest BCUT2D eigenvalue weighted by Crippen LogP contribution is -2.30. The van der Waals surface area contributed by atoms with Crippen LogP contribution in [0.15, 0.2) is 36.5 Å². The Bertz CT molecular complexity index is 572. The molecule has 0 aliphatic rings. The Labute approximate surface area is 112 Å². The molecule has 0 radical (unpaired) electrons. The molecule has 0 atom stereocenters. The molecule has 0 spiro atoms. The molecule has 1 aromatic heterocycles. The number of aromatic nitrogens is 2. The van der Waals surface area contributed by atoms with Gasteiger partial charge in [0.25, 0.3) is 5.91 Å². The molecule has 100 valence electrons. The first-order valence-corrected chi connectivity index (χ1v) is 6.36. The number of hydrogen-bond acceptors (Lipinski definition) is 3. The lowest BCUT2D eigenvalue weighted by molar-refractivity contribution is 0.0766. The molecule has 0 aliphatic carbocycles. The largest absolute Gasteiger partial charge is 0.399 e. The summed E-state index contributed by atoms with van der Waals surface area (Å²) >= 11 is 0. The number of nitrogen functional groups attached to an aromatic ring is 1. The first-order chi connectivity index (χ1) is 9.15. The van der Waals surface area contributed by atoms with E-state index < -0.39 is 0 Å². The maximum atomic E-state index is 12.1. The summed E-state index contributed by atoms with van der Waals surface area (Å²) in [6.07, 6.45) is 1.77. The van der Waals surface area contributed by atoms with Gasteiger partial charge in [0, 0.05) is 25.0 Å². The van der Waals surface area contributed by atoms with Crippen LogP contribution in [0.2, 0.25) is 0 Å². The molecule has 2 N–H and O–H groups in total. The number of rotatable bonds is 4. The average molecular weight is 258 g/mol. The lowest BCUT2D eigenvalue weighted by Gasteiger charge is -2.16. The molecule has 5 heteroatoms. The van der Waals surface area contributed by atoms with Gasteiger partial charge in [-0.1, -0.05) is 6.07 Å². The van der Waals surface area contributed by atoms with Gasteiger partial charge >= 0.3 is 0 Å². The normalized spacial score (nSPS) is 10.4. The minimum Gasteiger partial charge on any atom is -0.399 e. The molecule has 0 unspecified atom stereocenters. The van der Waals surface area contributed by atoms with Crippen LogP contribution in [0, 0.1) is 0 Å². The van der Waals surface area contributed by atoms with Crippen molar-refractivity contribution in [2.45, 2.75) is 13.8 Å². The number of amides is 1. The fraction of sp³-hybridized carbons (Fsp3) is 0.286. The van der Waals surface area contributed by atoms with Crippen molar-refractivity contribution in [2.75, 3.05) is 18.8 Å². The number of carbonyl (C=O) groups excluding carboxylic acids is 1. The quantitative estimate of drug-likeness (QED) is 0.852. The van der Waals surface area contributed by atoms with Gasteiger partial charge in [0.05, 0.1) is 5.69 Å². The second kappa shape index (κ2) is 5.56. The number of nitrogens with zero attached hydrogens (tertiary/aromatic N) is 3. The molecule has 1 aromatic carbocycles. The van der Waals surface area contributed by atoms with Crippen LogP contribution in [0.4, 0.5) is 5.69 Å². The summed E-state index contributed by atoms with van der Waals surface area (Å²) in [5, 5.41) is 4.31. The summed E-state index contributed by atoms with van der Waals surface area (Å²) in [6.45, 7) is 5.27. The van der Waals surface area contributed by atoms with E-state index in [1.54, 1.807) is 21.8 Å². The van der Waals surface area contributed by atoms with Gasteiger partial charge in [0.1, 0.15) is 0 Å². The number of hydrogen-bond donors (Lipinski definition) is 1. The molecule has 0 bridgehead atoms. The second-order valence-electron chi connectivity index (χ2n) is 4.22. The summed E-state index contributed by atoms with van der Waals surface area (Å²) in [6, 6.07) is 9.12. The highest BCUT2D eigenvalue weighted by Gasteiger charge is 2.15. The molecule has 5 nitrogen and oxygen atoms in total. The molecular formula is C14H18N4O. The van der Waals surface area contributed by atoms with Gasteiger partial charge in [-0.15, -0.1) is 0 Å². The molecule has 0 aliphatic heterocycles. The van der Waals surface area contributed by atoms with Crippen molar-refractivity contribution in [1.82, 2.24) is 14.7 Å². The van der Waals surface area contributed by atoms with Crippen molar-refractivity contribution in [2.24, 2.45) is 0 Å². The number of carbonyl (C=O) groups is 1. The van der Waals surface area contributed by atoms with E-state index in [2.05, 4.69) is 5.10 Å². The standard InChI is InChI=1S/C14H18N4O/c1-3-17(4-2)14(19)13-8-9-18(16-13)12-7-5-6-11(15)10-12/h5-10H,3-4,15H2,1-2H3. The third-order valence-electron chi connectivity index (χ3n) is 2.99. The van der Waals surface area contributed by atoms with E-state index in [1.165, 1.54) is 0 Å². The van der Waals surface area contributed by atoms with Crippen LogP contribution < -0.4 is 5.73 Å². The Morgan fingerprint density at radius 1 is 1.32 bits per heavy atom. The van der Waals surface area contributed by atoms with Gasteiger partial charge in [-0.3, -0.25) is 4.79 Å². The summed E-state index contributed by atoms with van der Waals surface area (Å²) < 4.78 is 1.66. The van der Waals surface area contributed by atoms with Crippen molar-refractivity contribution in [3.63, 3.8) is 0 Å². The maximum Gasteiger partial charge on any atom is 0.274 e. The molecule has 1 amide bonds. The molecule has 0 saturated carbocycles. The third kappa shape index (κ3) is 2.76. The molecule has 0 saturated heterocycles. The number of benzene rings is 1. The highest BCUT2D eigenvalue weighted by Crippen LogP contribution is 2.12. The minimum absolute atomic E-state index is 0.0485. The van der Waals surface area contributed by atoms with E-state index in [0.717, 1.165) is 5.69 Å². The first-order valence-electron chi connectivity index (χ1n) is 6.36.